The maximum absolute atomic E-state index is 13.8. The van der Waals surface area contributed by atoms with Crippen molar-refractivity contribution in [1.29, 1.82) is 0 Å². The van der Waals surface area contributed by atoms with Crippen molar-refractivity contribution in [1.82, 2.24) is 4.90 Å². The summed E-state index contributed by atoms with van der Waals surface area (Å²) in [7, 11) is 1.52. The number of amides is 1. The van der Waals surface area contributed by atoms with Crippen LogP contribution in [0.5, 0.6) is 0 Å². The topological polar surface area (TPSA) is 66.6 Å². The predicted octanol–water partition coefficient (Wildman–Crippen LogP) is 1.17. The van der Waals surface area contributed by atoms with Crippen LogP contribution in [-0.2, 0) is 0 Å². The monoisotopic (exact) mass is 240 g/mol. The Kier molecular flexibility index (Phi) is 4.07. The number of nitrogens with zero attached hydrogens (tertiary/aromatic N) is 1. The van der Waals surface area contributed by atoms with Gasteiger partial charge in [-0.3, -0.25) is 4.79 Å². The maximum Gasteiger partial charge on any atom is 0.256 e. The molecule has 17 heavy (non-hydrogen) atoms. The summed E-state index contributed by atoms with van der Waals surface area (Å²) in [6.07, 6.45) is 0. The van der Waals surface area contributed by atoms with Crippen LogP contribution < -0.4 is 5.73 Å². The van der Waals surface area contributed by atoms with Crippen molar-refractivity contribution < 1.29 is 14.3 Å². The van der Waals surface area contributed by atoms with E-state index < -0.39 is 11.7 Å². The SMILES string of the molecule is Cc1cc(N)cc(C(=O)N(C)C(C)CO)c1F. The molecular formula is C12H17FN2O2. The first-order valence-corrected chi connectivity index (χ1v) is 5.32. The van der Waals surface area contributed by atoms with E-state index in [-0.39, 0.29) is 18.2 Å². The molecule has 0 aliphatic heterocycles. The van der Waals surface area contributed by atoms with Crippen LogP contribution in [0.4, 0.5) is 10.1 Å². The first kappa shape index (κ1) is 13.4. The number of carbonyl (C=O) groups is 1. The molecule has 0 aliphatic carbocycles. The van der Waals surface area contributed by atoms with Gasteiger partial charge in [0.2, 0.25) is 0 Å². The minimum absolute atomic E-state index is 0.0645. The summed E-state index contributed by atoms with van der Waals surface area (Å²) in [4.78, 5) is 13.3. The van der Waals surface area contributed by atoms with E-state index in [0.29, 0.717) is 11.3 Å². The zero-order valence-corrected chi connectivity index (χ0v) is 10.2. The average Bonchev–Trinajstić information content (AvgIpc) is 2.30. The third kappa shape index (κ3) is 2.74. The molecule has 0 radical (unpaired) electrons. The van der Waals surface area contributed by atoms with Gasteiger partial charge in [-0.05, 0) is 31.5 Å². The number of nitrogens with two attached hydrogens (primary N) is 1. The first-order chi connectivity index (χ1) is 7.88. The van der Waals surface area contributed by atoms with E-state index in [1.807, 2.05) is 0 Å². The summed E-state index contributed by atoms with van der Waals surface area (Å²) in [5.41, 5.74) is 6.20. The molecule has 1 aromatic rings. The number of rotatable bonds is 3. The molecule has 0 fully saturated rings. The lowest BCUT2D eigenvalue weighted by Crippen LogP contribution is -2.37. The Morgan fingerprint density at radius 2 is 2.18 bits per heavy atom. The Morgan fingerprint density at radius 1 is 1.59 bits per heavy atom. The average molecular weight is 240 g/mol. The fraction of sp³-hybridized carbons (Fsp3) is 0.417. The minimum Gasteiger partial charge on any atom is -0.399 e. The molecule has 1 atom stereocenters. The third-order valence-electron chi connectivity index (χ3n) is 2.75. The van der Waals surface area contributed by atoms with Crippen LogP contribution in [0.1, 0.15) is 22.8 Å². The van der Waals surface area contributed by atoms with Crippen molar-refractivity contribution in [3.63, 3.8) is 0 Å². The van der Waals surface area contributed by atoms with Crippen molar-refractivity contribution in [3.05, 3.63) is 29.1 Å². The van der Waals surface area contributed by atoms with Crippen molar-refractivity contribution in [2.45, 2.75) is 19.9 Å². The number of carbonyl (C=O) groups excluding carboxylic acids is 1. The van der Waals surface area contributed by atoms with Crippen molar-refractivity contribution >= 4 is 11.6 Å². The number of halogens is 1. The lowest BCUT2D eigenvalue weighted by molar-refractivity contribution is 0.0677. The molecule has 0 aromatic heterocycles. The van der Waals surface area contributed by atoms with Crippen LogP contribution in [0.3, 0.4) is 0 Å². The van der Waals surface area contributed by atoms with Crippen LogP contribution in [0.15, 0.2) is 12.1 Å². The summed E-state index contributed by atoms with van der Waals surface area (Å²) in [5.74, 6) is -1.05. The highest BCUT2D eigenvalue weighted by Gasteiger charge is 2.21. The molecule has 3 N–H and O–H groups in total. The van der Waals surface area contributed by atoms with Gasteiger partial charge in [-0.1, -0.05) is 0 Å². The van der Waals surface area contributed by atoms with Gasteiger partial charge in [0.05, 0.1) is 18.2 Å². The summed E-state index contributed by atoms with van der Waals surface area (Å²) >= 11 is 0. The molecule has 0 spiro atoms. The Labute approximate surface area is 99.8 Å². The van der Waals surface area contributed by atoms with Gasteiger partial charge < -0.3 is 15.7 Å². The smallest absolute Gasteiger partial charge is 0.256 e. The largest absolute Gasteiger partial charge is 0.399 e. The Hall–Kier alpha value is -1.62. The van der Waals surface area contributed by atoms with Crippen LogP contribution in [0, 0.1) is 12.7 Å². The van der Waals surface area contributed by atoms with Crippen molar-refractivity contribution in [3.8, 4) is 0 Å². The van der Waals surface area contributed by atoms with Crippen LogP contribution >= 0.6 is 0 Å². The fourth-order valence-electron chi connectivity index (χ4n) is 1.47. The molecular weight excluding hydrogens is 223 g/mol. The van der Waals surface area contributed by atoms with E-state index in [1.165, 1.54) is 24.1 Å². The molecule has 1 amide bonds. The second-order valence-electron chi connectivity index (χ2n) is 4.15. The Balaban J connectivity index is 3.12. The van der Waals surface area contributed by atoms with Gasteiger partial charge in [0, 0.05) is 12.7 Å². The normalized spacial score (nSPS) is 12.3. The van der Waals surface area contributed by atoms with Crippen LogP contribution in [-0.4, -0.2) is 35.6 Å². The second kappa shape index (κ2) is 5.14. The number of anilines is 1. The number of likely N-dealkylation sites (N-methyl/N-ethyl adjacent to an activating group) is 1. The summed E-state index contributed by atoms with van der Waals surface area (Å²) in [6.45, 7) is 3.05. The van der Waals surface area contributed by atoms with Gasteiger partial charge in [-0.25, -0.2) is 4.39 Å². The third-order valence-corrected chi connectivity index (χ3v) is 2.75. The quantitative estimate of drug-likeness (QED) is 0.779. The number of aryl methyl sites for hydroxylation is 1. The molecule has 0 saturated heterocycles. The van der Waals surface area contributed by atoms with E-state index in [4.69, 9.17) is 10.8 Å². The number of benzene rings is 1. The van der Waals surface area contributed by atoms with Gasteiger partial charge in [-0.2, -0.15) is 0 Å². The van der Waals surface area contributed by atoms with Gasteiger partial charge in [0.25, 0.3) is 5.91 Å². The fourth-order valence-corrected chi connectivity index (χ4v) is 1.47. The van der Waals surface area contributed by atoms with Crippen molar-refractivity contribution in [2.24, 2.45) is 0 Å². The van der Waals surface area contributed by atoms with E-state index in [1.54, 1.807) is 13.8 Å². The molecule has 1 unspecified atom stereocenters. The Morgan fingerprint density at radius 3 is 2.71 bits per heavy atom. The molecule has 1 aromatic carbocycles. The molecule has 4 nitrogen and oxygen atoms in total. The molecule has 94 valence electrons. The molecule has 1 rings (SSSR count). The lowest BCUT2D eigenvalue weighted by atomic mass is 10.1. The van der Waals surface area contributed by atoms with Crippen LogP contribution in [0.2, 0.25) is 0 Å². The minimum atomic E-state index is -0.568. The number of aliphatic hydroxyl groups excluding tert-OH is 1. The molecule has 0 saturated carbocycles. The molecule has 5 heteroatoms. The van der Waals surface area contributed by atoms with E-state index >= 15 is 0 Å². The van der Waals surface area contributed by atoms with E-state index in [9.17, 15) is 9.18 Å². The first-order valence-electron chi connectivity index (χ1n) is 5.32. The second-order valence-corrected chi connectivity index (χ2v) is 4.15. The summed E-state index contributed by atoms with van der Waals surface area (Å²) in [5, 5.41) is 8.97. The van der Waals surface area contributed by atoms with E-state index in [0.717, 1.165) is 0 Å². The lowest BCUT2D eigenvalue weighted by Gasteiger charge is -2.23. The Bertz CT molecular complexity index is 435. The van der Waals surface area contributed by atoms with Gasteiger partial charge in [-0.15, -0.1) is 0 Å². The maximum atomic E-state index is 13.8. The highest BCUT2D eigenvalue weighted by atomic mass is 19.1. The summed E-state index contributed by atoms with van der Waals surface area (Å²) in [6, 6.07) is 2.41. The zero-order valence-electron chi connectivity index (χ0n) is 10.2. The standard InChI is InChI=1S/C12H17FN2O2/c1-7-4-9(14)5-10(11(7)13)12(17)15(3)8(2)6-16/h4-5,8,16H,6,14H2,1-3H3. The number of nitrogen functional groups attached to an aromatic ring is 1. The molecule has 0 heterocycles. The number of hydrogen-bond acceptors (Lipinski definition) is 3. The zero-order chi connectivity index (χ0) is 13.2. The molecule has 0 aliphatic rings. The molecule has 0 bridgehead atoms. The van der Waals surface area contributed by atoms with Crippen molar-refractivity contribution in [2.75, 3.05) is 19.4 Å². The number of aliphatic hydroxyl groups is 1. The predicted molar refractivity (Wildman–Crippen MR) is 64.2 cm³/mol. The van der Waals surface area contributed by atoms with Gasteiger partial charge in [0.1, 0.15) is 5.82 Å². The van der Waals surface area contributed by atoms with Crippen LogP contribution in [0.25, 0.3) is 0 Å². The highest BCUT2D eigenvalue weighted by Crippen LogP contribution is 2.19. The van der Waals surface area contributed by atoms with E-state index in [2.05, 4.69) is 0 Å². The highest BCUT2D eigenvalue weighted by molar-refractivity contribution is 5.95. The number of hydrogen-bond donors (Lipinski definition) is 2. The van der Waals surface area contributed by atoms with Gasteiger partial charge in [0.15, 0.2) is 0 Å². The summed E-state index contributed by atoms with van der Waals surface area (Å²) < 4.78 is 13.8. The van der Waals surface area contributed by atoms with Gasteiger partial charge >= 0.3 is 0 Å².